The Labute approximate surface area is 222 Å². The average Bonchev–Trinajstić information content (AvgIpc) is 2.79. The first-order chi connectivity index (χ1) is 16.7. The van der Waals surface area contributed by atoms with Gasteiger partial charge in [0, 0.05) is 41.9 Å². The number of carboxylic acids is 2. The molecule has 0 spiro atoms. The minimum atomic E-state index is -1.17. The number of carbonyl (C=O) groups excluding carboxylic acids is 3. The largest absolute Gasteiger partial charge is 0.481 e. The Morgan fingerprint density at radius 3 is 1.43 bits per heavy atom. The van der Waals surface area contributed by atoms with E-state index >= 15 is 0 Å². The summed E-state index contributed by atoms with van der Waals surface area (Å²) in [5.41, 5.74) is 0. The normalized spacial score (nSPS) is 11.6. The first kappa shape index (κ1) is 33.3. The number of aliphatic carboxylic acids is 2. The molecule has 0 fully saturated rings. The predicted molar refractivity (Wildman–Crippen MR) is 142 cm³/mol. The van der Waals surface area contributed by atoms with Crippen LogP contribution in [0.4, 0.5) is 0 Å². The summed E-state index contributed by atoms with van der Waals surface area (Å²) in [6, 6.07) is -1.11. The number of amides is 2. The highest BCUT2D eigenvalue weighted by Crippen LogP contribution is 2.14. The lowest BCUT2D eigenvalue weighted by atomic mass is 10.0. The summed E-state index contributed by atoms with van der Waals surface area (Å²) < 4.78 is -0.214. The van der Waals surface area contributed by atoms with Crippen LogP contribution in [0.15, 0.2) is 0 Å². The van der Waals surface area contributed by atoms with Gasteiger partial charge in [0.05, 0.1) is 6.54 Å². The Hall–Kier alpha value is -1.72. The molecule has 2 amide bonds. The van der Waals surface area contributed by atoms with Crippen molar-refractivity contribution < 1.29 is 34.2 Å². The smallest absolute Gasteiger partial charge is 0.326 e. The number of hydrogen-bond donors (Lipinski definition) is 4. The summed E-state index contributed by atoms with van der Waals surface area (Å²) in [5.74, 6) is -2.61. The number of carbonyl (C=O) groups is 5. The predicted octanol–water partition coefficient (Wildman–Crippen LogP) is 4.74. The Morgan fingerprint density at radius 2 is 1.03 bits per heavy atom. The van der Waals surface area contributed by atoms with Crippen molar-refractivity contribution in [3.8, 4) is 0 Å². The number of unbranched alkanes of at least 4 members (excludes halogenated alkanes) is 13. The van der Waals surface area contributed by atoms with E-state index in [1.165, 1.54) is 44.9 Å². The molecule has 0 heterocycles. The second-order valence-electron chi connectivity index (χ2n) is 8.97. The van der Waals surface area contributed by atoms with E-state index in [-0.39, 0.29) is 41.9 Å². The summed E-state index contributed by atoms with van der Waals surface area (Å²) >= 11 is 1.56. The standard InChI is InChI=1S/C25H43IN2O7/c26-21(29)19-27-22(30)18-17-20(25(34)35)28-23(31)15-13-11-9-7-5-3-1-2-4-6-8-10-12-14-16-24(32)33/h20H,1-19H2,(H,27,30)(H,28,31)(H,32,33)(H,34,35)/t20-/m0/s1. The Morgan fingerprint density at radius 1 is 0.600 bits per heavy atom. The molecule has 0 aromatic heterocycles. The molecular formula is C25H43IN2O7. The number of nitrogens with one attached hydrogen (secondary N) is 2. The number of rotatable bonds is 24. The molecule has 0 aromatic rings. The van der Waals surface area contributed by atoms with Crippen LogP contribution >= 0.6 is 22.6 Å². The molecule has 1 atom stereocenters. The van der Waals surface area contributed by atoms with Crippen molar-refractivity contribution in [2.75, 3.05) is 6.54 Å². The van der Waals surface area contributed by atoms with Gasteiger partial charge in [0.2, 0.25) is 15.6 Å². The van der Waals surface area contributed by atoms with E-state index in [1.807, 2.05) is 0 Å². The van der Waals surface area contributed by atoms with E-state index in [1.54, 1.807) is 22.6 Å². The quantitative estimate of drug-likeness (QED) is 0.0701. The van der Waals surface area contributed by atoms with Crippen LogP contribution in [0.3, 0.4) is 0 Å². The van der Waals surface area contributed by atoms with Crippen molar-refractivity contribution in [1.29, 1.82) is 0 Å². The van der Waals surface area contributed by atoms with Crippen LogP contribution < -0.4 is 10.6 Å². The van der Waals surface area contributed by atoms with E-state index in [9.17, 15) is 29.1 Å². The minimum absolute atomic E-state index is 0.0187. The molecule has 0 saturated heterocycles. The summed E-state index contributed by atoms with van der Waals surface area (Å²) in [4.78, 5) is 56.3. The van der Waals surface area contributed by atoms with E-state index in [0.29, 0.717) is 6.42 Å². The molecule has 0 bridgehead atoms. The highest BCUT2D eigenvalue weighted by atomic mass is 127. The topological polar surface area (TPSA) is 150 Å². The lowest BCUT2D eigenvalue weighted by molar-refractivity contribution is -0.142. The SMILES string of the molecule is O=C(O)CCCCCCCCCCCCCCCCC(=O)N[C@@H](CCC(=O)NCC(=O)I)C(=O)O. The van der Waals surface area contributed by atoms with Gasteiger partial charge in [0.1, 0.15) is 6.04 Å². The van der Waals surface area contributed by atoms with Gasteiger partial charge in [-0.15, -0.1) is 0 Å². The summed E-state index contributed by atoms with van der Waals surface area (Å²) in [6.07, 6.45) is 15.8. The van der Waals surface area contributed by atoms with E-state index < -0.39 is 23.9 Å². The molecule has 0 aliphatic carbocycles. The van der Waals surface area contributed by atoms with Crippen LogP contribution in [0.5, 0.6) is 0 Å². The van der Waals surface area contributed by atoms with E-state index in [0.717, 1.165) is 38.5 Å². The van der Waals surface area contributed by atoms with Crippen molar-refractivity contribution in [3.05, 3.63) is 0 Å². The van der Waals surface area contributed by atoms with Gasteiger partial charge in [-0.2, -0.15) is 0 Å². The molecular weight excluding hydrogens is 567 g/mol. The molecule has 10 heteroatoms. The van der Waals surface area contributed by atoms with Crippen molar-refractivity contribution in [1.82, 2.24) is 10.6 Å². The first-order valence-electron chi connectivity index (χ1n) is 12.9. The number of carboxylic acid groups (broad SMARTS) is 2. The van der Waals surface area contributed by atoms with Crippen LogP contribution in [0.2, 0.25) is 0 Å². The van der Waals surface area contributed by atoms with Gasteiger partial charge in [-0.1, -0.05) is 77.0 Å². The van der Waals surface area contributed by atoms with Crippen LogP contribution in [-0.4, -0.2) is 50.3 Å². The second kappa shape index (κ2) is 22.7. The molecule has 0 unspecified atom stereocenters. The summed E-state index contributed by atoms with van der Waals surface area (Å²) in [6.45, 7) is -0.0949. The summed E-state index contributed by atoms with van der Waals surface area (Å²) in [7, 11) is 0. The molecule has 35 heavy (non-hydrogen) atoms. The monoisotopic (exact) mass is 610 g/mol. The molecule has 0 radical (unpaired) electrons. The van der Waals surface area contributed by atoms with Gasteiger partial charge in [-0.3, -0.25) is 19.2 Å². The molecule has 0 rings (SSSR count). The zero-order valence-corrected chi connectivity index (χ0v) is 23.0. The van der Waals surface area contributed by atoms with Crippen LogP contribution in [0.1, 0.15) is 116 Å². The average molecular weight is 611 g/mol. The number of hydrogen-bond acceptors (Lipinski definition) is 5. The zero-order chi connectivity index (χ0) is 26.3. The van der Waals surface area contributed by atoms with Gasteiger partial charge in [-0.25, -0.2) is 4.79 Å². The molecule has 202 valence electrons. The van der Waals surface area contributed by atoms with Gasteiger partial charge in [-0.05, 0) is 19.3 Å². The maximum Gasteiger partial charge on any atom is 0.326 e. The van der Waals surface area contributed by atoms with Crippen LogP contribution in [0, 0.1) is 0 Å². The fraction of sp³-hybridized carbons (Fsp3) is 0.800. The third kappa shape index (κ3) is 23.8. The Balaban J connectivity index is 3.60. The highest BCUT2D eigenvalue weighted by Gasteiger charge is 2.20. The minimum Gasteiger partial charge on any atom is -0.481 e. The van der Waals surface area contributed by atoms with Crippen molar-refractivity contribution in [2.24, 2.45) is 0 Å². The van der Waals surface area contributed by atoms with Crippen LogP contribution in [-0.2, 0) is 24.0 Å². The Bertz CT molecular complexity index is 643. The number of halogens is 1. The lowest BCUT2D eigenvalue weighted by Crippen LogP contribution is -2.41. The third-order valence-electron chi connectivity index (χ3n) is 5.76. The zero-order valence-electron chi connectivity index (χ0n) is 20.8. The second-order valence-corrected chi connectivity index (χ2v) is 10.2. The van der Waals surface area contributed by atoms with E-state index in [4.69, 9.17) is 5.11 Å². The van der Waals surface area contributed by atoms with Gasteiger partial charge in [0.25, 0.3) is 0 Å². The maximum absolute atomic E-state index is 12.0. The summed E-state index contributed by atoms with van der Waals surface area (Å²) in [5, 5.41) is 22.7. The van der Waals surface area contributed by atoms with E-state index in [2.05, 4.69) is 10.6 Å². The van der Waals surface area contributed by atoms with Gasteiger partial charge >= 0.3 is 11.9 Å². The van der Waals surface area contributed by atoms with Crippen LogP contribution in [0.25, 0.3) is 0 Å². The van der Waals surface area contributed by atoms with Crippen molar-refractivity contribution in [3.63, 3.8) is 0 Å². The molecule has 0 aliphatic rings. The molecule has 4 N–H and O–H groups in total. The fourth-order valence-corrected chi connectivity index (χ4v) is 3.93. The Kier molecular flexibility index (Phi) is 21.6. The van der Waals surface area contributed by atoms with Gasteiger partial charge in [0.15, 0.2) is 0 Å². The fourth-order valence-electron chi connectivity index (χ4n) is 3.74. The molecule has 0 saturated carbocycles. The first-order valence-corrected chi connectivity index (χ1v) is 14.0. The van der Waals surface area contributed by atoms with Crippen molar-refractivity contribution >= 4 is 50.1 Å². The highest BCUT2D eigenvalue weighted by molar-refractivity contribution is 14.1. The lowest BCUT2D eigenvalue weighted by Gasteiger charge is -2.14. The molecule has 0 aromatic carbocycles. The molecule has 0 aliphatic heterocycles. The third-order valence-corrected chi connectivity index (χ3v) is 6.14. The van der Waals surface area contributed by atoms with Gasteiger partial charge < -0.3 is 20.8 Å². The molecule has 9 nitrogen and oxygen atoms in total. The van der Waals surface area contributed by atoms with Crippen molar-refractivity contribution in [2.45, 2.75) is 122 Å². The maximum atomic E-state index is 12.0.